The van der Waals surface area contributed by atoms with Gasteiger partial charge in [0.1, 0.15) is 0 Å². The van der Waals surface area contributed by atoms with Gasteiger partial charge in [-0.2, -0.15) is 13.2 Å². The molecular formula is C14H18F3NO. The van der Waals surface area contributed by atoms with E-state index in [1.54, 1.807) is 0 Å². The first-order chi connectivity index (χ1) is 8.72. The van der Waals surface area contributed by atoms with Crippen molar-refractivity contribution in [2.24, 2.45) is 11.8 Å². The molecule has 5 heteroatoms. The Morgan fingerprint density at radius 2 is 1.84 bits per heavy atom. The first-order valence-corrected chi connectivity index (χ1v) is 6.46. The molecule has 1 aromatic rings. The maximum atomic E-state index is 13.0. The maximum absolute atomic E-state index is 13.0. The van der Waals surface area contributed by atoms with E-state index in [4.69, 9.17) is 0 Å². The summed E-state index contributed by atoms with van der Waals surface area (Å²) in [6, 6.07) is 0.942. The molecule has 0 bridgehead atoms. The number of nitrogens with zero attached hydrogens (tertiary/aromatic N) is 1. The molecule has 0 saturated heterocycles. The van der Waals surface area contributed by atoms with Crippen molar-refractivity contribution in [1.82, 2.24) is 4.98 Å². The third kappa shape index (κ3) is 2.91. The number of pyridine rings is 1. The van der Waals surface area contributed by atoms with Gasteiger partial charge >= 0.3 is 6.18 Å². The van der Waals surface area contributed by atoms with Gasteiger partial charge in [0.05, 0.1) is 11.2 Å². The number of halogens is 3. The van der Waals surface area contributed by atoms with Crippen molar-refractivity contribution in [2.75, 3.05) is 0 Å². The lowest BCUT2D eigenvalue weighted by molar-refractivity contribution is -0.142. The van der Waals surface area contributed by atoms with Crippen LogP contribution in [0.1, 0.15) is 44.2 Å². The van der Waals surface area contributed by atoms with Crippen molar-refractivity contribution in [3.63, 3.8) is 0 Å². The summed E-state index contributed by atoms with van der Waals surface area (Å²) < 4.78 is 39.1. The van der Waals surface area contributed by atoms with Crippen LogP contribution in [0, 0.1) is 11.8 Å². The van der Waals surface area contributed by atoms with Gasteiger partial charge in [0, 0.05) is 18.0 Å². The van der Waals surface area contributed by atoms with E-state index in [0.717, 1.165) is 24.9 Å². The van der Waals surface area contributed by atoms with Crippen molar-refractivity contribution >= 4 is 0 Å². The van der Waals surface area contributed by atoms with E-state index < -0.39 is 17.3 Å². The molecule has 1 fully saturated rings. The molecule has 1 aliphatic rings. The van der Waals surface area contributed by atoms with Crippen LogP contribution in [0.2, 0.25) is 0 Å². The first kappa shape index (κ1) is 14.3. The number of hydrogen-bond donors (Lipinski definition) is 1. The second kappa shape index (κ2) is 4.78. The smallest absolute Gasteiger partial charge is 0.385 e. The summed E-state index contributed by atoms with van der Waals surface area (Å²) in [5.41, 5.74) is -2.27. The Kier molecular flexibility index (Phi) is 3.60. The lowest BCUT2D eigenvalue weighted by Crippen LogP contribution is -2.37. The minimum atomic E-state index is -4.46. The van der Waals surface area contributed by atoms with E-state index in [1.807, 2.05) is 13.8 Å². The van der Waals surface area contributed by atoms with Crippen molar-refractivity contribution < 1.29 is 18.3 Å². The Morgan fingerprint density at radius 1 is 1.26 bits per heavy atom. The van der Waals surface area contributed by atoms with Gasteiger partial charge in [-0.05, 0) is 37.2 Å². The lowest BCUT2D eigenvalue weighted by atomic mass is 9.70. The summed E-state index contributed by atoms with van der Waals surface area (Å²) in [6.07, 6.45) is -0.543. The summed E-state index contributed by atoms with van der Waals surface area (Å²) in [7, 11) is 0. The Hall–Kier alpha value is -1.10. The zero-order chi connectivity index (χ0) is 14.3. The molecule has 2 unspecified atom stereocenters. The average Bonchev–Trinajstić information content (AvgIpc) is 2.26. The van der Waals surface area contributed by atoms with Crippen molar-refractivity contribution in [3.8, 4) is 0 Å². The van der Waals surface area contributed by atoms with Gasteiger partial charge in [-0.25, -0.2) is 0 Å². The second-order valence-electron chi connectivity index (χ2n) is 5.80. The Balaban J connectivity index is 2.46. The quantitative estimate of drug-likeness (QED) is 0.845. The Morgan fingerprint density at radius 3 is 2.37 bits per heavy atom. The van der Waals surface area contributed by atoms with Gasteiger partial charge in [-0.3, -0.25) is 4.98 Å². The van der Waals surface area contributed by atoms with Gasteiger partial charge in [0.25, 0.3) is 0 Å². The zero-order valence-electron chi connectivity index (χ0n) is 11.0. The topological polar surface area (TPSA) is 33.1 Å². The molecule has 1 heterocycles. The average molecular weight is 273 g/mol. The second-order valence-corrected chi connectivity index (χ2v) is 5.80. The predicted molar refractivity (Wildman–Crippen MR) is 65.3 cm³/mol. The molecule has 2 rings (SSSR count). The van der Waals surface area contributed by atoms with Crippen LogP contribution in [0.25, 0.3) is 0 Å². The van der Waals surface area contributed by atoms with Crippen LogP contribution in [0.15, 0.2) is 18.5 Å². The summed E-state index contributed by atoms with van der Waals surface area (Å²) in [5, 5.41) is 10.7. The third-order valence-electron chi connectivity index (χ3n) is 3.80. The first-order valence-electron chi connectivity index (χ1n) is 6.46. The normalized spacial score (nSPS) is 32.3. The Bertz CT molecular complexity index is 448. The monoisotopic (exact) mass is 273 g/mol. The Labute approximate surface area is 110 Å². The fourth-order valence-electron chi connectivity index (χ4n) is 3.32. The van der Waals surface area contributed by atoms with Gasteiger partial charge in [-0.15, -0.1) is 0 Å². The molecule has 1 aromatic heterocycles. The minimum Gasteiger partial charge on any atom is -0.385 e. The highest BCUT2D eigenvalue weighted by atomic mass is 19.4. The van der Waals surface area contributed by atoms with Crippen LogP contribution in [0.3, 0.4) is 0 Å². The van der Waals surface area contributed by atoms with Crippen LogP contribution < -0.4 is 0 Å². The van der Waals surface area contributed by atoms with E-state index in [-0.39, 0.29) is 17.4 Å². The summed E-state index contributed by atoms with van der Waals surface area (Å²) in [5.74, 6) is 0.407. The predicted octanol–water partition coefficient (Wildman–Crippen LogP) is 3.74. The van der Waals surface area contributed by atoms with Crippen LogP contribution >= 0.6 is 0 Å². The molecule has 0 radical (unpaired) electrons. The fraction of sp³-hybridized carbons (Fsp3) is 0.643. The molecule has 1 N–H and O–H groups in total. The minimum absolute atomic E-state index is 0.0825. The number of aliphatic hydroxyl groups is 1. The van der Waals surface area contributed by atoms with Gasteiger partial charge < -0.3 is 5.11 Å². The summed E-state index contributed by atoms with van der Waals surface area (Å²) in [4.78, 5) is 3.77. The molecule has 2 atom stereocenters. The summed E-state index contributed by atoms with van der Waals surface area (Å²) in [6.45, 7) is 3.93. The highest BCUT2D eigenvalue weighted by Crippen LogP contribution is 2.46. The van der Waals surface area contributed by atoms with E-state index in [1.165, 1.54) is 0 Å². The van der Waals surface area contributed by atoms with Crippen molar-refractivity contribution in [3.05, 3.63) is 29.6 Å². The van der Waals surface area contributed by atoms with Crippen molar-refractivity contribution in [1.29, 1.82) is 0 Å². The molecule has 0 aliphatic heterocycles. The van der Waals surface area contributed by atoms with Crippen molar-refractivity contribution in [2.45, 2.75) is 44.9 Å². The highest BCUT2D eigenvalue weighted by Gasteiger charge is 2.44. The van der Waals surface area contributed by atoms with E-state index in [0.29, 0.717) is 12.8 Å². The summed E-state index contributed by atoms with van der Waals surface area (Å²) >= 11 is 0. The number of hydrogen-bond acceptors (Lipinski definition) is 2. The molecule has 0 aromatic carbocycles. The molecule has 106 valence electrons. The van der Waals surface area contributed by atoms with Gasteiger partial charge in [0.2, 0.25) is 0 Å². The number of rotatable bonds is 1. The highest BCUT2D eigenvalue weighted by molar-refractivity contribution is 5.32. The molecule has 0 spiro atoms. The van der Waals surface area contributed by atoms with E-state index in [2.05, 4.69) is 4.98 Å². The van der Waals surface area contributed by atoms with Crippen LogP contribution in [-0.2, 0) is 11.8 Å². The maximum Gasteiger partial charge on any atom is 0.416 e. The molecule has 1 saturated carbocycles. The largest absolute Gasteiger partial charge is 0.416 e. The van der Waals surface area contributed by atoms with Gasteiger partial charge in [-0.1, -0.05) is 13.8 Å². The molecule has 2 nitrogen and oxygen atoms in total. The SMILES string of the molecule is CC1CC(C)CC(O)(c2cnccc2C(F)(F)F)C1. The zero-order valence-corrected chi connectivity index (χ0v) is 11.0. The lowest BCUT2D eigenvalue weighted by Gasteiger charge is -2.40. The van der Waals surface area contributed by atoms with Crippen LogP contribution in [0.4, 0.5) is 13.2 Å². The van der Waals surface area contributed by atoms with Crippen LogP contribution in [-0.4, -0.2) is 10.1 Å². The standard InChI is InChI=1S/C14H18F3NO/c1-9-5-10(2)7-13(19,6-9)12-8-18-4-3-11(12)14(15,16)17/h3-4,8-10,19H,5-7H2,1-2H3. The van der Waals surface area contributed by atoms with E-state index >= 15 is 0 Å². The third-order valence-corrected chi connectivity index (χ3v) is 3.80. The van der Waals surface area contributed by atoms with Gasteiger partial charge in [0.15, 0.2) is 0 Å². The molecule has 19 heavy (non-hydrogen) atoms. The molecule has 1 aliphatic carbocycles. The number of aromatic nitrogens is 1. The fourth-order valence-corrected chi connectivity index (χ4v) is 3.32. The molecule has 0 amide bonds. The number of alkyl halides is 3. The molecular weight excluding hydrogens is 255 g/mol. The van der Waals surface area contributed by atoms with Crippen LogP contribution in [0.5, 0.6) is 0 Å². The van der Waals surface area contributed by atoms with E-state index in [9.17, 15) is 18.3 Å².